The van der Waals surface area contributed by atoms with Gasteiger partial charge in [-0.25, -0.2) is 9.78 Å². The van der Waals surface area contributed by atoms with Crippen LogP contribution in [0, 0.1) is 0 Å². The quantitative estimate of drug-likeness (QED) is 0.648. The number of ether oxygens (including phenoxy) is 1. The van der Waals surface area contributed by atoms with Crippen molar-refractivity contribution < 1.29 is 19.4 Å². The number of carboxylic acid groups (broad SMARTS) is 1. The highest BCUT2D eigenvalue weighted by Gasteiger charge is 2.36. The van der Waals surface area contributed by atoms with Gasteiger partial charge in [-0.1, -0.05) is 30.0 Å². The lowest BCUT2D eigenvalue weighted by atomic mass is 9.97. The van der Waals surface area contributed by atoms with Gasteiger partial charge in [0.1, 0.15) is 5.75 Å². The predicted molar refractivity (Wildman–Crippen MR) is 104 cm³/mol. The number of carboxylic acids is 1. The highest BCUT2D eigenvalue weighted by atomic mass is 32.2. The number of aromatic carboxylic acids is 1. The van der Waals surface area contributed by atoms with Gasteiger partial charge in [-0.15, -0.1) is 11.3 Å². The van der Waals surface area contributed by atoms with Gasteiger partial charge in [0.15, 0.2) is 10.0 Å². The Balaban J connectivity index is 1.64. The molecule has 1 aromatic carbocycles. The molecule has 1 aromatic heterocycles. The molecule has 1 amide bonds. The van der Waals surface area contributed by atoms with E-state index in [-0.39, 0.29) is 23.7 Å². The minimum atomic E-state index is -1.03. The fourth-order valence-electron chi connectivity index (χ4n) is 3.22. The maximum atomic E-state index is 12.3. The fourth-order valence-corrected chi connectivity index (χ4v) is 5.03. The molecule has 27 heavy (non-hydrogen) atoms. The molecule has 2 aromatic rings. The number of carbonyl (C=O) groups is 2. The van der Waals surface area contributed by atoms with Crippen LogP contribution in [-0.2, 0) is 4.79 Å². The summed E-state index contributed by atoms with van der Waals surface area (Å²) in [5.74, 6) is 0.419. The summed E-state index contributed by atoms with van der Waals surface area (Å²) in [7, 11) is 1.61. The Bertz CT molecular complexity index is 826. The van der Waals surface area contributed by atoms with Crippen molar-refractivity contribution in [1.82, 2.24) is 9.88 Å². The highest BCUT2D eigenvalue weighted by Crippen LogP contribution is 2.33. The fraction of sp³-hybridized carbons (Fsp3) is 0.389. The molecule has 2 atom stereocenters. The Morgan fingerprint density at radius 1 is 1.52 bits per heavy atom. The number of amides is 1. The van der Waals surface area contributed by atoms with Crippen LogP contribution in [0.2, 0.25) is 0 Å². The first-order valence-electron chi connectivity index (χ1n) is 8.51. The molecule has 1 unspecified atom stereocenters. The van der Waals surface area contributed by atoms with Crippen LogP contribution >= 0.6 is 23.1 Å². The van der Waals surface area contributed by atoms with E-state index in [4.69, 9.17) is 15.6 Å². The van der Waals surface area contributed by atoms with Crippen molar-refractivity contribution in [1.29, 1.82) is 0 Å². The van der Waals surface area contributed by atoms with Gasteiger partial charge in [0.05, 0.1) is 19.2 Å². The largest absolute Gasteiger partial charge is 0.496 e. The molecule has 3 rings (SSSR count). The molecule has 0 saturated carbocycles. The van der Waals surface area contributed by atoms with Crippen LogP contribution in [-0.4, -0.2) is 52.3 Å². The summed E-state index contributed by atoms with van der Waals surface area (Å²) < 4.78 is 6.09. The van der Waals surface area contributed by atoms with Crippen LogP contribution in [0.5, 0.6) is 5.75 Å². The first-order chi connectivity index (χ1) is 13.0. The minimum absolute atomic E-state index is 0.0517. The number of likely N-dealkylation sites (tertiary alicyclic amines) is 1. The zero-order valence-electron chi connectivity index (χ0n) is 14.8. The maximum Gasteiger partial charge on any atom is 0.355 e. The number of benzene rings is 1. The van der Waals surface area contributed by atoms with Gasteiger partial charge in [-0.3, -0.25) is 4.79 Å². The van der Waals surface area contributed by atoms with E-state index in [1.165, 1.54) is 28.5 Å². The standard InChI is InChI=1S/C18H21N3O4S2/c1-25-14-5-3-2-4-11(14)16(19)13-6-7-15(22)21(13)8-9-26-18-20-12(10-27-18)17(23)24/h2-5,10,13,16H,6-9,19H2,1H3,(H,23,24)/t13-,16?/m1/s1. The lowest BCUT2D eigenvalue weighted by Gasteiger charge is -2.30. The molecule has 9 heteroatoms. The van der Waals surface area contributed by atoms with Gasteiger partial charge in [-0.05, 0) is 12.5 Å². The number of thiazole rings is 1. The summed E-state index contributed by atoms with van der Waals surface area (Å²) in [4.78, 5) is 29.1. The first-order valence-corrected chi connectivity index (χ1v) is 10.4. The van der Waals surface area contributed by atoms with Crippen molar-refractivity contribution in [2.24, 2.45) is 5.73 Å². The second kappa shape index (κ2) is 8.73. The van der Waals surface area contributed by atoms with Gasteiger partial charge < -0.3 is 20.5 Å². The van der Waals surface area contributed by atoms with Gasteiger partial charge >= 0.3 is 5.97 Å². The molecular weight excluding hydrogens is 386 g/mol. The SMILES string of the molecule is COc1ccccc1C(N)[C@H]1CCC(=O)N1CCSc1nc(C(=O)O)cs1. The zero-order chi connectivity index (χ0) is 19.4. The van der Waals surface area contributed by atoms with Crippen molar-refractivity contribution in [2.75, 3.05) is 19.4 Å². The smallest absolute Gasteiger partial charge is 0.355 e. The summed E-state index contributed by atoms with van der Waals surface area (Å²) in [5, 5.41) is 10.5. The third-order valence-electron chi connectivity index (χ3n) is 4.55. The molecule has 144 valence electrons. The first kappa shape index (κ1) is 19.7. The molecular formula is C18H21N3O4S2. The summed E-state index contributed by atoms with van der Waals surface area (Å²) in [6, 6.07) is 7.20. The van der Waals surface area contributed by atoms with Crippen LogP contribution in [0.1, 0.15) is 34.9 Å². The number of hydrogen-bond donors (Lipinski definition) is 2. The number of carbonyl (C=O) groups excluding carboxylic acids is 1. The number of hydrogen-bond acceptors (Lipinski definition) is 7. The number of aromatic nitrogens is 1. The summed E-state index contributed by atoms with van der Waals surface area (Å²) in [6.07, 6.45) is 1.20. The third kappa shape index (κ3) is 4.42. The van der Waals surface area contributed by atoms with Crippen LogP contribution in [0.15, 0.2) is 34.0 Å². The predicted octanol–water partition coefficient (Wildman–Crippen LogP) is 2.63. The monoisotopic (exact) mass is 407 g/mol. The molecule has 0 bridgehead atoms. The highest BCUT2D eigenvalue weighted by molar-refractivity contribution is 8.01. The van der Waals surface area contributed by atoms with E-state index in [9.17, 15) is 9.59 Å². The van der Waals surface area contributed by atoms with Crippen LogP contribution in [0.4, 0.5) is 0 Å². The molecule has 2 heterocycles. The number of thioether (sulfide) groups is 1. The topological polar surface area (TPSA) is 106 Å². The van der Waals surface area contributed by atoms with Crippen molar-refractivity contribution in [2.45, 2.75) is 29.3 Å². The Morgan fingerprint density at radius 2 is 2.30 bits per heavy atom. The van der Waals surface area contributed by atoms with Crippen molar-refractivity contribution in [3.05, 3.63) is 40.9 Å². The van der Waals surface area contributed by atoms with E-state index in [1.54, 1.807) is 7.11 Å². The molecule has 1 fully saturated rings. The minimum Gasteiger partial charge on any atom is -0.496 e. The van der Waals surface area contributed by atoms with E-state index < -0.39 is 5.97 Å². The summed E-state index contributed by atoms with van der Waals surface area (Å²) >= 11 is 2.75. The van der Waals surface area contributed by atoms with E-state index in [0.717, 1.165) is 11.3 Å². The maximum absolute atomic E-state index is 12.3. The number of para-hydroxylation sites is 1. The van der Waals surface area contributed by atoms with E-state index in [0.29, 0.717) is 29.5 Å². The van der Waals surface area contributed by atoms with E-state index >= 15 is 0 Å². The molecule has 7 nitrogen and oxygen atoms in total. The average Bonchev–Trinajstić information content (AvgIpc) is 3.29. The van der Waals surface area contributed by atoms with Gasteiger partial charge in [-0.2, -0.15) is 0 Å². The van der Waals surface area contributed by atoms with Gasteiger partial charge in [0, 0.05) is 29.7 Å². The Morgan fingerprint density at radius 3 is 3.00 bits per heavy atom. The average molecular weight is 408 g/mol. The lowest BCUT2D eigenvalue weighted by molar-refractivity contribution is -0.128. The number of nitrogens with zero attached hydrogens (tertiary/aromatic N) is 2. The van der Waals surface area contributed by atoms with Crippen LogP contribution in [0.3, 0.4) is 0 Å². The Hall–Kier alpha value is -2.10. The Kier molecular flexibility index (Phi) is 6.35. The number of rotatable bonds is 8. The van der Waals surface area contributed by atoms with Gasteiger partial charge in [0.25, 0.3) is 0 Å². The zero-order valence-corrected chi connectivity index (χ0v) is 16.5. The second-order valence-corrected chi connectivity index (χ2v) is 8.31. The normalized spacial score (nSPS) is 17.9. The van der Waals surface area contributed by atoms with E-state index in [1.807, 2.05) is 29.2 Å². The summed E-state index contributed by atoms with van der Waals surface area (Å²) in [5.41, 5.74) is 7.44. The molecule has 1 aliphatic heterocycles. The molecule has 1 saturated heterocycles. The second-order valence-electron chi connectivity index (χ2n) is 6.11. The van der Waals surface area contributed by atoms with Crippen molar-refractivity contribution in [3.8, 4) is 5.75 Å². The summed E-state index contributed by atoms with van der Waals surface area (Å²) in [6.45, 7) is 0.541. The van der Waals surface area contributed by atoms with Gasteiger partial charge in [0.2, 0.25) is 5.91 Å². The molecule has 0 radical (unpaired) electrons. The van der Waals surface area contributed by atoms with Crippen molar-refractivity contribution >= 4 is 35.0 Å². The number of methoxy groups -OCH3 is 1. The molecule has 1 aliphatic rings. The van der Waals surface area contributed by atoms with Crippen LogP contribution < -0.4 is 10.5 Å². The van der Waals surface area contributed by atoms with E-state index in [2.05, 4.69) is 4.98 Å². The van der Waals surface area contributed by atoms with Crippen molar-refractivity contribution in [3.63, 3.8) is 0 Å². The molecule has 3 N–H and O–H groups in total. The molecule has 0 spiro atoms. The Labute approximate surface area is 165 Å². The molecule has 0 aliphatic carbocycles. The lowest BCUT2D eigenvalue weighted by Crippen LogP contribution is -2.41. The van der Waals surface area contributed by atoms with Crippen LogP contribution in [0.25, 0.3) is 0 Å². The third-order valence-corrected chi connectivity index (χ3v) is 6.55. The number of nitrogens with two attached hydrogens (primary N) is 1.